The minimum absolute atomic E-state index is 0.121. The van der Waals surface area contributed by atoms with Crippen molar-refractivity contribution < 1.29 is 4.79 Å². The molecule has 0 aliphatic heterocycles. The van der Waals surface area contributed by atoms with Crippen LogP contribution in [-0.2, 0) is 0 Å². The van der Waals surface area contributed by atoms with Crippen molar-refractivity contribution in [2.45, 2.75) is 18.5 Å². The Hall–Kier alpha value is -0.880. The molecule has 0 atom stereocenters. The first-order valence-electron chi connectivity index (χ1n) is 4.09. The molecule has 1 N–H and O–H groups in total. The maximum Gasteiger partial charge on any atom is 0.286 e. The molecule has 0 radical (unpaired) electrons. The van der Waals surface area contributed by atoms with E-state index in [-0.39, 0.29) is 5.24 Å². The number of amides is 1. The van der Waals surface area contributed by atoms with Crippen LogP contribution in [0.2, 0.25) is 0 Å². The van der Waals surface area contributed by atoms with Crippen molar-refractivity contribution in [2.24, 2.45) is 0 Å². The summed E-state index contributed by atoms with van der Waals surface area (Å²) in [7, 11) is 0. The molecule has 1 aromatic rings. The lowest BCUT2D eigenvalue weighted by molar-refractivity contribution is 0.261. The summed E-state index contributed by atoms with van der Waals surface area (Å²) >= 11 is 2.32. The number of aryl methyl sites for hydroxylation is 1. The molecule has 76 valence electrons. The second kappa shape index (κ2) is 5.77. The van der Waals surface area contributed by atoms with E-state index in [2.05, 4.69) is 21.3 Å². The molecule has 0 aliphatic rings. The summed E-state index contributed by atoms with van der Waals surface area (Å²) in [5, 5.41) is 3.98. The quantitative estimate of drug-likeness (QED) is 0.488. The van der Waals surface area contributed by atoms with Crippen molar-refractivity contribution in [3.05, 3.63) is 17.7 Å². The number of rotatable bonds is 4. The fourth-order valence-electron chi connectivity index (χ4n) is 0.717. The molecule has 14 heavy (non-hydrogen) atoms. The summed E-state index contributed by atoms with van der Waals surface area (Å²) < 4.78 is 4.00. The maximum atomic E-state index is 11.2. The molecule has 0 spiro atoms. The van der Waals surface area contributed by atoms with Crippen LogP contribution in [-0.4, -0.2) is 21.1 Å². The van der Waals surface area contributed by atoms with E-state index >= 15 is 0 Å². The predicted octanol–water partition coefficient (Wildman–Crippen LogP) is 2.22. The van der Waals surface area contributed by atoms with Crippen molar-refractivity contribution in [3.8, 4) is 0 Å². The van der Waals surface area contributed by atoms with Gasteiger partial charge in [-0.25, -0.2) is 4.98 Å². The summed E-state index contributed by atoms with van der Waals surface area (Å²) in [6.45, 7) is 6.03. The summed E-state index contributed by atoms with van der Waals surface area (Å²) in [5.74, 6) is 0. The lowest BCUT2D eigenvalue weighted by atomic mass is 10.4. The summed E-state index contributed by atoms with van der Waals surface area (Å²) in [6.07, 6.45) is 2.53. The molecular weight excluding hydrogens is 218 g/mol. The number of aromatic nitrogens is 2. The maximum absolute atomic E-state index is 11.2. The van der Waals surface area contributed by atoms with Gasteiger partial charge in [0, 0.05) is 18.3 Å². The van der Waals surface area contributed by atoms with Gasteiger partial charge in [-0.1, -0.05) is 6.08 Å². The monoisotopic (exact) mass is 229 g/mol. The van der Waals surface area contributed by atoms with Crippen LogP contribution < -0.4 is 5.32 Å². The fraction of sp³-hybridized carbons (Fsp3) is 0.375. The van der Waals surface area contributed by atoms with E-state index in [1.165, 1.54) is 11.5 Å². The van der Waals surface area contributed by atoms with Gasteiger partial charge in [-0.3, -0.25) is 4.79 Å². The highest BCUT2D eigenvalue weighted by Gasteiger charge is 2.07. The second-order valence-electron chi connectivity index (χ2n) is 2.49. The normalized spacial score (nSPS) is 9.79. The van der Waals surface area contributed by atoms with Crippen LogP contribution in [0.25, 0.3) is 0 Å². The van der Waals surface area contributed by atoms with Gasteiger partial charge in [0.1, 0.15) is 5.01 Å². The van der Waals surface area contributed by atoms with Crippen molar-refractivity contribution in [1.82, 2.24) is 14.7 Å². The average Bonchev–Trinajstić information content (AvgIpc) is 2.52. The molecule has 1 rings (SSSR count). The highest BCUT2D eigenvalue weighted by molar-refractivity contribution is 8.13. The van der Waals surface area contributed by atoms with Gasteiger partial charge in [0.05, 0.1) is 0 Å². The van der Waals surface area contributed by atoms with E-state index in [1.807, 2.05) is 6.92 Å². The highest BCUT2D eigenvalue weighted by atomic mass is 32.2. The summed E-state index contributed by atoms with van der Waals surface area (Å²) in [4.78, 5) is 15.3. The number of carbonyl (C=O) groups excluding carboxylic acids is 1. The summed E-state index contributed by atoms with van der Waals surface area (Å²) in [6, 6.07) is 0. The van der Waals surface area contributed by atoms with E-state index in [9.17, 15) is 4.79 Å². The standard InChI is InChI=1S/C8H11N3OS2/c1-3-4-5-9-8(12)13-7-10-6(2)14-11-7/h3H,1,4-5H2,2H3,(H,9,12). The number of carbonyl (C=O) groups is 1. The average molecular weight is 229 g/mol. The molecule has 4 nitrogen and oxygen atoms in total. The molecule has 0 fully saturated rings. The number of hydrogen-bond acceptors (Lipinski definition) is 5. The van der Waals surface area contributed by atoms with E-state index in [1.54, 1.807) is 6.08 Å². The number of nitrogens with one attached hydrogen (secondary N) is 1. The van der Waals surface area contributed by atoms with Crippen LogP contribution in [0.15, 0.2) is 17.8 Å². The van der Waals surface area contributed by atoms with Gasteiger partial charge < -0.3 is 5.32 Å². The van der Waals surface area contributed by atoms with Gasteiger partial charge in [-0.15, -0.1) is 6.58 Å². The third-order valence-corrected chi connectivity index (χ3v) is 2.74. The highest BCUT2D eigenvalue weighted by Crippen LogP contribution is 2.16. The first-order valence-corrected chi connectivity index (χ1v) is 5.68. The van der Waals surface area contributed by atoms with Crippen LogP contribution in [0.4, 0.5) is 4.79 Å². The smallest absolute Gasteiger partial charge is 0.286 e. The van der Waals surface area contributed by atoms with E-state index < -0.39 is 0 Å². The molecule has 0 unspecified atom stereocenters. The van der Waals surface area contributed by atoms with Crippen LogP contribution in [0.1, 0.15) is 11.4 Å². The Morgan fingerprint density at radius 3 is 3.14 bits per heavy atom. The molecule has 0 aliphatic carbocycles. The van der Waals surface area contributed by atoms with Crippen LogP contribution >= 0.6 is 23.3 Å². The van der Waals surface area contributed by atoms with Crippen molar-refractivity contribution in [2.75, 3.05) is 6.54 Å². The predicted molar refractivity (Wildman–Crippen MR) is 58.7 cm³/mol. The molecule has 6 heteroatoms. The lowest BCUT2D eigenvalue weighted by Crippen LogP contribution is -2.19. The minimum atomic E-state index is -0.121. The third kappa shape index (κ3) is 3.89. The Balaban J connectivity index is 2.30. The van der Waals surface area contributed by atoms with Gasteiger partial charge in [0.15, 0.2) is 0 Å². The zero-order valence-corrected chi connectivity index (χ0v) is 9.45. The first kappa shape index (κ1) is 11.2. The molecular formula is C8H11N3OS2. The molecule has 1 aromatic heterocycles. The van der Waals surface area contributed by atoms with Crippen molar-refractivity contribution in [3.63, 3.8) is 0 Å². The van der Waals surface area contributed by atoms with Crippen molar-refractivity contribution >= 4 is 28.5 Å². The van der Waals surface area contributed by atoms with E-state index in [0.29, 0.717) is 11.7 Å². The molecule has 1 amide bonds. The van der Waals surface area contributed by atoms with Gasteiger partial charge in [-0.2, -0.15) is 4.37 Å². The second-order valence-corrected chi connectivity index (χ2v) is 4.39. The Labute approximate surface area is 91.0 Å². The molecule has 0 saturated heterocycles. The van der Waals surface area contributed by atoms with Crippen LogP contribution in [0, 0.1) is 6.92 Å². The Morgan fingerprint density at radius 1 is 1.79 bits per heavy atom. The Kier molecular flexibility index (Phi) is 4.61. The zero-order chi connectivity index (χ0) is 10.4. The number of hydrogen-bond donors (Lipinski definition) is 1. The summed E-state index contributed by atoms with van der Waals surface area (Å²) in [5.41, 5.74) is 0. The van der Waals surface area contributed by atoms with Gasteiger partial charge in [0.2, 0.25) is 5.16 Å². The van der Waals surface area contributed by atoms with Gasteiger partial charge in [0.25, 0.3) is 5.24 Å². The Bertz CT molecular complexity index is 324. The number of thioether (sulfide) groups is 1. The third-order valence-electron chi connectivity index (χ3n) is 1.31. The number of nitrogens with zero attached hydrogens (tertiary/aromatic N) is 2. The van der Waals surface area contributed by atoms with E-state index in [4.69, 9.17) is 0 Å². The van der Waals surface area contributed by atoms with Gasteiger partial charge in [-0.05, 0) is 24.9 Å². The molecule has 1 heterocycles. The largest absolute Gasteiger partial charge is 0.346 e. The molecule has 0 saturated carbocycles. The lowest BCUT2D eigenvalue weighted by Gasteiger charge is -1.98. The first-order chi connectivity index (χ1) is 6.72. The van der Waals surface area contributed by atoms with Crippen molar-refractivity contribution in [1.29, 1.82) is 0 Å². The van der Waals surface area contributed by atoms with E-state index in [0.717, 1.165) is 23.2 Å². The minimum Gasteiger partial charge on any atom is -0.346 e. The van der Waals surface area contributed by atoms with Crippen LogP contribution in [0.5, 0.6) is 0 Å². The fourth-order valence-corrected chi connectivity index (χ4v) is 1.94. The zero-order valence-electron chi connectivity index (χ0n) is 7.82. The topological polar surface area (TPSA) is 54.9 Å². The van der Waals surface area contributed by atoms with Gasteiger partial charge >= 0.3 is 0 Å². The SMILES string of the molecule is C=CCCNC(=O)Sc1nsc(C)n1. The molecule has 0 aromatic carbocycles. The van der Waals surface area contributed by atoms with Crippen LogP contribution in [0.3, 0.4) is 0 Å². The Morgan fingerprint density at radius 2 is 2.57 bits per heavy atom. The molecule has 0 bridgehead atoms.